The summed E-state index contributed by atoms with van der Waals surface area (Å²) in [5.41, 5.74) is 2.79. The lowest BCUT2D eigenvalue weighted by molar-refractivity contribution is -0.125. The Morgan fingerprint density at radius 2 is 1.69 bits per heavy atom. The van der Waals surface area contributed by atoms with Gasteiger partial charge in [-0.15, -0.1) is 10.2 Å². The fourth-order valence-corrected chi connectivity index (χ4v) is 3.56. The quantitative estimate of drug-likeness (QED) is 0.720. The van der Waals surface area contributed by atoms with Crippen LogP contribution < -0.4 is 10.2 Å². The van der Waals surface area contributed by atoms with Crippen molar-refractivity contribution in [2.24, 2.45) is 5.92 Å². The van der Waals surface area contributed by atoms with Gasteiger partial charge < -0.3 is 10.2 Å². The molecule has 1 aromatic heterocycles. The molecule has 1 aliphatic heterocycles. The van der Waals surface area contributed by atoms with Crippen LogP contribution in [0.15, 0.2) is 66.7 Å². The van der Waals surface area contributed by atoms with Gasteiger partial charge in [-0.3, -0.25) is 4.79 Å². The van der Waals surface area contributed by atoms with Gasteiger partial charge in [0.15, 0.2) is 5.82 Å². The molecular weight excluding hydrogens is 367 g/mol. The summed E-state index contributed by atoms with van der Waals surface area (Å²) < 4.78 is 13.0. The molecule has 1 aliphatic rings. The second-order valence-corrected chi connectivity index (χ2v) is 7.25. The summed E-state index contributed by atoms with van der Waals surface area (Å²) in [6.45, 7) is 1.97. The minimum absolute atomic E-state index is 0.0109. The molecule has 1 N–H and O–H groups in total. The maximum absolute atomic E-state index is 13.0. The van der Waals surface area contributed by atoms with E-state index in [1.54, 1.807) is 12.1 Å². The number of amides is 1. The summed E-state index contributed by atoms with van der Waals surface area (Å²) in [5.74, 6) is 0.616. The maximum atomic E-state index is 13.0. The number of carbonyl (C=O) groups is 1. The molecular formula is C23H23FN4O. The van der Waals surface area contributed by atoms with E-state index in [0.29, 0.717) is 6.54 Å². The number of benzene rings is 2. The van der Waals surface area contributed by atoms with Gasteiger partial charge in [0, 0.05) is 31.1 Å². The van der Waals surface area contributed by atoms with Crippen LogP contribution >= 0.6 is 0 Å². The fourth-order valence-electron chi connectivity index (χ4n) is 3.56. The van der Waals surface area contributed by atoms with Gasteiger partial charge in [0.05, 0.1) is 5.69 Å². The van der Waals surface area contributed by atoms with E-state index in [1.807, 2.05) is 42.5 Å². The molecule has 2 aromatic carbocycles. The smallest absolute Gasteiger partial charge is 0.223 e. The second kappa shape index (κ2) is 8.82. The van der Waals surface area contributed by atoms with Gasteiger partial charge in [-0.05, 0) is 42.7 Å². The first-order chi connectivity index (χ1) is 14.2. The van der Waals surface area contributed by atoms with Crippen LogP contribution in [0.4, 0.5) is 10.2 Å². The predicted molar refractivity (Wildman–Crippen MR) is 111 cm³/mol. The summed E-state index contributed by atoms with van der Waals surface area (Å²) in [5, 5.41) is 11.7. The van der Waals surface area contributed by atoms with E-state index in [9.17, 15) is 9.18 Å². The molecule has 4 rings (SSSR count). The molecule has 1 amide bonds. The monoisotopic (exact) mass is 390 g/mol. The highest BCUT2D eigenvalue weighted by Gasteiger charge is 2.25. The molecule has 0 spiro atoms. The SMILES string of the molecule is O=C(NCc1ccc(F)cc1)C1CCN(c2ccc(-c3ccccc3)nn2)CC1. The van der Waals surface area contributed by atoms with Gasteiger partial charge >= 0.3 is 0 Å². The van der Waals surface area contributed by atoms with E-state index >= 15 is 0 Å². The summed E-state index contributed by atoms with van der Waals surface area (Å²) in [7, 11) is 0. The first-order valence-electron chi connectivity index (χ1n) is 9.85. The highest BCUT2D eigenvalue weighted by atomic mass is 19.1. The Morgan fingerprint density at radius 1 is 0.966 bits per heavy atom. The number of anilines is 1. The number of nitrogens with one attached hydrogen (secondary N) is 1. The Labute approximate surface area is 169 Å². The zero-order valence-corrected chi connectivity index (χ0v) is 16.1. The van der Waals surface area contributed by atoms with Crippen molar-refractivity contribution in [1.29, 1.82) is 0 Å². The lowest BCUT2D eigenvalue weighted by Gasteiger charge is -2.31. The van der Waals surface area contributed by atoms with E-state index in [4.69, 9.17) is 0 Å². The highest BCUT2D eigenvalue weighted by Crippen LogP contribution is 2.23. The number of halogens is 1. The molecule has 5 nitrogen and oxygen atoms in total. The summed E-state index contributed by atoms with van der Waals surface area (Å²) in [6, 6.07) is 20.1. The van der Waals surface area contributed by atoms with Crippen LogP contribution in [0.5, 0.6) is 0 Å². The van der Waals surface area contributed by atoms with Gasteiger partial charge in [-0.2, -0.15) is 0 Å². The number of carbonyl (C=O) groups excluding carboxylic acids is 1. The average molecular weight is 390 g/mol. The molecule has 0 radical (unpaired) electrons. The lowest BCUT2D eigenvalue weighted by atomic mass is 9.96. The van der Waals surface area contributed by atoms with Crippen LogP contribution in [0.25, 0.3) is 11.3 Å². The van der Waals surface area contributed by atoms with Gasteiger partial charge in [0.1, 0.15) is 5.82 Å². The molecule has 1 saturated heterocycles. The number of hydrogen-bond acceptors (Lipinski definition) is 4. The first-order valence-corrected chi connectivity index (χ1v) is 9.85. The third-order valence-corrected chi connectivity index (χ3v) is 5.29. The van der Waals surface area contributed by atoms with Crippen molar-refractivity contribution in [2.75, 3.05) is 18.0 Å². The van der Waals surface area contributed by atoms with Crippen LogP contribution in [-0.2, 0) is 11.3 Å². The largest absolute Gasteiger partial charge is 0.355 e. The van der Waals surface area contributed by atoms with Crippen molar-refractivity contribution in [3.8, 4) is 11.3 Å². The molecule has 2 heterocycles. The van der Waals surface area contributed by atoms with E-state index in [2.05, 4.69) is 20.4 Å². The summed E-state index contributed by atoms with van der Waals surface area (Å²) in [6.07, 6.45) is 1.55. The predicted octanol–water partition coefficient (Wildman–Crippen LogP) is 3.82. The van der Waals surface area contributed by atoms with Crippen LogP contribution in [-0.4, -0.2) is 29.2 Å². The van der Waals surface area contributed by atoms with Crippen LogP contribution in [0.3, 0.4) is 0 Å². The van der Waals surface area contributed by atoms with E-state index < -0.39 is 0 Å². The first kappa shape index (κ1) is 19.1. The molecule has 3 aromatic rings. The molecule has 0 atom stereocenters. The van der Waals surface area contributed by atoms with Gasteiger partial charge in [0.25, 0.3) is 0 Å². The Morgan fingerprint density at radius 3 is 2.34 bits per heavy atom. The second-order valence-electron chi connectivity index (χ2n) is 7.25. The van der Waals surface area contributed by atoms with Crippen molar-refractivity contribution in [1.82, 2.24) is 15.5 Å². The standard InChI is InChI=1S/C23H23FN4O/c24-20-8-6-17(7-9-20)16-25-23(29)19-12-14-28(15-13-19)22-11-10-21(26-27-22)18-4-2-1-3-5-18/h1-11,19H,12-16H2,(H,25,29). The van der Waals surface area contributed by atoms with E-state index in [0.717, 1.165) is 48.6 Å². The Hall–Kier alpha value is -3.28. The summed E-state index contributed by atoms with van der Waals surface area (Å²) in [4.78, 5) is 14.6. The van der Waals surface area contributed by atoms with Crippen molar-refractivity contribution in [3.63, 3.8) is 0 Å². The average Bonchev–Trinajstić information content (AvgIpc) is 2.79. The van der Waals surface area contributed by atoms with E-state index in [1.165, 1.54) is 12.1 Å². The number of aromatic nitrogens is 2. The number of hydrogen-bond donors (Lipinski definition) is 1. The van der Waals surface area contributed by atoms with Gasteiger partial charge in [0.2, 0.25) is 5.91 Å². The molecule has 0 saturated carbocycles. The van der Waals surface area contributed by atoms with Crippen molar-refractivity contribution < 1.29 is 9.18 Å². The molecule has 148 valence electrons. The van der Waals surface area contributed by atoms with Crippen molar-refractivity contribution in [3.05, 3.63) is 78.1 Å². The third kappa shape index (κ3) is 4.77. The maximum Gasteiger partial charge on any atom is 0.223 e. The topological polar surface area (TPSA) is 58.1 Å². The Kier molecular flexibility index (Phi) is 5.79. The molecule has 0 unspecified atom stereocenters. The molecule has 1 fully saturated rings. The third-order valence-electron chi connectivity index (χ3n) is 5.29. The molecule has 0 bridgehead atoms. The normalized spacial score (nSPS) is 14.6. The minimum atomic E-state index is -0.271. The molecule has 6 heteroatoms. The van der Waals surface area contributed by atoms with Gasteiger partial charge in [-0.25, -0.2) is 4.39 Å². The summed E-state index contributed by atoms with van der Waals surface area (Å²) >= 11 is 0. The molecule has 0 aliphatic carbocycles. The zero-order chi connectivity index (χ0) is 20.1. The van der Waals surface area contributed by atoms with E-state index in [-0.39, 0.29) is 17.6 Å². The minimum Gasteiger partial charge on any atom is -0.355 e. The van der Waals surface area contributed by atoms with Crippen molar-refractivity contribution in [2.45, 2.75) is 19.4 Å². The van der Waals surface area contributed by atoms with Crippen LogP contribution in [0, 0.1) is 11.7 Å². The van der Waals surface area contributed by atoms with Crippen LogP contribution in [0.1, 0.15) is 18.4 Å². The Balaban J connectivity index is 1.28. The molecule has 29 heavy (non-hydrogen) atoms. The number of piperidine rings is 1. The van der Waals surface area contributed by atoms with Crippen molar-refractivity contribution >= 4 is 11.7 Å². The highest BCUT2D eigenvalue weighted by molar-refractivity contribution is 5.79. The zero-order valence-electron chi connectivity index (χ0n) is 16.1. The number of nitrogens with zero attached hydrogens (tertiary/aromatic N) is 3. The fraction of sp³-hybridized carbons (Fsp3) is 0.261. The Bertz CT molecular complexity index is 937. The number of rotatable bonds is 5. The van der Waals surface area contributed by atoms with Crippen LogP contribution in [0.2, 0.25) is 0 Å². The van der Waals surface area contributed by atoms with Gasteiger partial charge in [-0.1, -0.05) is 42.5 Å². The lowest BCUT2D eigenvalue weighted by Crippen LogP contribution is -2.40.